The second-order valence-electron chi connectivity index (χ2n) is 4.13. The Kier molecular flexibility index (Phi) is 3.54. The summed E-state index contributed by atoms with van der Waals surface area (Å²) < 4.78 is 3.54. The molecule has 3 aromatic rings. The van der Waals surface area contributed by atoms with Gasteiger partial charge in [-0.15, -0.1) is 5.10 Å². The summed E-state index contributed by atoms with van der Waals surface area (Å²) in [5.41, 5.74) is 8.16. The largest absolute Gasteiger partial charge is 0.399 e. The average molecular weight is 395 g/mol. The molecule has 0 saturated heterocycles. The topological polar surface area (TPSA) is 69.6 Å². The molecule has 0 aliphatic carbocycles. The van der Waals surface area contributed by atoms with E-state index in [0.717, 1.165) is 20.2 Å². The fraction of sp³-hybridized carbons (Fsp3) is 0. The van der Waals surface area contributed by atoms with Crippen molar-refractivity contribution in [2.45, 2.75) is 0 Å². The molecular formula is C13H9Br2N5. The molecule has 0 saturated carbocycles. The summed E-state index contributed by atoms with van der Waals surface area (Å²) in [6.45, 7) is 0. The zero-order valence-electron chi connectivity index (χ0n) is 10.2. The lowest BCUT2D eigenvalue weighted by molar-refractivity contribution is 0.788. The standard InChI is InChI=1S/C13H9Br2N5/c14-9-3-6-11(15)12(7-9)20-13(17-18-19-20)8-1-4-10(16)5-2-8/h1-7H,16H2. The second kappa shape index (κ2) is 5.34. The number of hydrogen-bond acceptors (Lipinski definition) is 4. The maximum atomic E-state index is 5.70. The maximum absolute atomic E-state index is 5.70. The number of benzene rings is 2. The van der Waals surface area contributed by atoms with E-state index in [1.807, 2.05) is 42.5 Å². The molecule has 2 N–H and O–H groups in total. The molecular weight excluding hydrogens is 386 g/mol. The van der Waals surface area contributed by atoms with Gasteiger partial charge in [-0.25, -0.2) is 0 Å². The Labute approximate surface area is 132 Å². The number of nitrogens with two attached hydrogens (primary N) is 1. The molecule has 3 rings (SSSR count). The van der Waals surface area contributed by atoms with Crippen LogP contribution in [0.15, 0.2) is 51.4 Å². The Morgan fingerprint density at radius 3 is 2.50 bits per heavy atom. The Morgan fingerprint density at radius 2 is 1.75 bits per heavy atom. The number of aromatic nitrogens is 4. The van der Waals surface area contributed by atoms with Crippen LogP contribution in [0, 0.1) is 0 Å². The van der Waals surface area contributed by atoms with Gasteiger partial charge in [-0.05, 0) is 68.8 Å². The van der Waals surface area contributed by atoms with Crippen LogP contribution in [0.25, 0.3) is 17.1 Å². The van der Waals surface area contributed by atoms with Crippen molar-refractivity contribution in [1.29, 1.82) is 0 Å². The highest BCUT2D eigenvalue weighted by Crippen LogP contribution is 2.28. The van der Waals surface area contributed by atoms with Crippen LogP contribution in [-0.4, -0.2) is 20.2 Å². The van der Waals surface area contributed by atoms with Crippen molar-refractivity contribution >= 4 is 37.5 Å². The summed E-state index contributed by atoms with van der Waals surface area (Å²) in [6, 6.07) is 13.3. The first-order chi connectivity index (χ1) is 9.65. The lowest BCUT2D eigenvalue weighted by Crippen LogP contribution is -2.01. The lowest BCUT2D eigenvalue weighted by atomic mass is 10.2. The minimum atomic E-state index is 0.656. The van der Waals surface area contributed by atoms with Gasteiger partial charge in [-0.3, -0.25) is 0 Å². The molecule has 0 radical (unpaired) electrons. The first kappa shape index (κ1) is 13.3. The Hall–Kier alpha value is -1.73. The zero-order valence-corrected chi connectivity index (χ0v) is 13.3. The van der Waals surface area contributed by atoms with Gasteiger partial charge in [0.15, 0.2) is 5.82 Å². The molecule has 7 heteroatoms. The van der Waals surface area contributed by atoms with E-state index in [4.69, 9.17) is 5.73 Å². The van der Waals surface area contributed by atoms with E-state index in [0.29, 0.717) is 11.5 Å². The highest BCUT2D eigenvalue weighted by atomic mass is 79.9. The summed E-state index contributed by atoms with van der Waals surface area (Å²) in [6.07, 6.45) is 0. The number of tetrazole rings is 1. The van der Waals surface area contributed by atoms with Crippen molar-refractivity contribution < 1.29 is 0 Å². The SMILES string of the molecule is Nc1ccc(-c2nnnn2-c2cc(Br)ccc2Br)cc1. The van der Waals surface area contributed by atoms with Crippen molar-refractivity contribution in [3.63, 3.8) is 0 Å². The zero-order chi connectivity index (χ0) is 14.1. The first-order valence-electron chi connectivity index (χ1n) is 5.75. The van der Waals surface area contributed by atoms with Crippen molar-refractivity contribution in [3.8, 4) is 17.1 Å². The molecule has 0 bridgehead atoms. The summed E-state index contributed by atoms with van der Waals surface area (Å²) in [7, 11) is 0. The number of rotatable bonds is 2. The average Bonchev–Trinajstić information content (AvgIpc) is 2.91. The molecule has 0 aliphatic heterocycles. The van der Waals surface area contributed by atoms with E-state index in [2.05, 4.69) is 47.4 Å². The molecule has 0 unspecified atom stereocenters. The minimum Gasteiger partial charge on any atom is -0.399 e. The van der Waals surface area contributed by atoms with Crippen LogP contribution in [0.4, 0.5) is 5.69 Å². The normalized spacial score (nSPS) is 10.7. The lowest BCUT2D eigenvalue weighted by Gasteiger charge is -2.07. The molecule has 2 aromatic carbocycles. The number of hydrogen-bond donors (Lipinski definition) is 1. The van der Waals surface area contributed by atoms with E-state index < -0.39 is 0 Å². The monoisotopic (exact) mass is 393 g/mol. The molecule has 0 aliphatic rings. The Bertz CT molecular complexity index is 752. The number of nitrogen functional groups attached to an aromatic ring is 1. The fourth-order valence-electron chi connectivity index (χ4n) is 1.81. The highest BCUT2D eigenvalue weighted by Gasteiger charge is 2.13. The summed E-state index contributed by atoms with van der Waals surface area (Å²) >= 11 is 6.97. The molecule has 100 valence electrons. The van der Waals surface area contributed by atoms with Gasteiger partial charge in [0.05, 0.1) is 5.69 Å². The van der Waals surface area contributed by atoms with Gasteiger partial charge in [0.2, 0.25) is 0 Å². The summed E-state index contributed by atoms with van der Waals surface area (Å²) in [5, 5.41) is 11.9. The Balaban J connectivity index is 2.15. The second-order valence-corrected chi connectivity index (χ2v) is 5.90. The van der Waals surface area contributed by atoms with Crippen molar-refractivity contribution in [2.75, 3.05) is 5.73 Å². The van der Waals surface area contributed by atoms with Gasteiger partial charge in [-0.1, -0.05) is 15.9 Å². The predicted octanol–water partition coefficient (Wildman–Crippen LogP) is 3.44. The summed E-state index contributed by atoms with van der Waals surface area (Å²) in [4.78, 5) is 0. The quantitative estimate of drug-likeness (QED) is 0.676. The molecule has 0 amide bonds. The molecule has 20 heavy (non-hydrogen) atoms. The molecule has 0 atom stereocenters. The van der Waals surface area contributed by atoms with Gasteiger partial charge < -0.3 is 5.73 Å². The van der Waals surface area contributed by atoms with E-state index in [-0.39, 0.29) is 0 Å². The fourth-order valence-corrected chi connectivity index (χ4v) is 2.57. The van der Waals surface area contributed by atoms with Crippen molar-refractivity contribution in [2.24, 2.45) is 0 Å². The highest BCUT2D eigenvalue weighted by molar-refractivity contribution is 9.11. The number of anilines is 1. The van der Waals surface area contributed by atoms with Gasteiger partial charge in [-0.2, -0.15) is 4.68 Å². The van der Waals surface area contributed by atoms with Crippen LogP contribution in [-0.2, 0) is 0 Å². The van der Waals surface area contributed by atoms with E-state index >= 15 is 0 Å². The van der Waals surface area contributed by atoms with Crippen molar-refractivity contribution in [1.82, 2.24) is 20.2 Å². The van der Waals surface area contributed by atoms with Crippen LogP contribution < -0.4 is 5.73 Å². The van der Waals surface area contributed by atoms with Gasteiger partial charge >= 0.3 is 0 Å². The molecule has 0 spiro atoms. The Morgan fingerprint density at radius 1 is 1.00 bits per heavy atom. The van der Waals surface area contributed by atoms with Gasteiger partial charge in [0, 0.05) is 20.2 Å². The molecule has 5 nitrogen and oxygen atoms in total. The van der Waals surface area contributed by atoms with Gasteiger partial charge in [0.25, 0.3) is 0 Å². The molecule has 1 heterocycles. The van der Waals surface area contributed by atoms with Gasteiger partial charge in [0.1, 0.15) is 0 Å². The maximum Gasteiger partial charge on any atom is 0.187 e. The van der Waals surface area contributed by atoms with Crippen LogP contribution in [0.2, 0.25) is 0 Å². The van der Waals surface area contributed by atoms with E-state index in [9.17, 15) is 0 Å². The van der Waals surface area contributed by atoms with Crippen molar-refractivity contribution in [3.05, 3.63) is 51.4 Å². The van der Waals surface area contributed by atoms with E-state index in [1.165, 1.54) is 0 Å². The van der Waals surface area contributed by atoms with Crippen LogP contribution in [0.5, 0.6) is 0 Å². The third kappa shape index (κ3) is 2.46. The third-order valence-electron chi connectivity index (χ3n) is 2.77. The van der Waals surface area contributed by atoms with Crippen LogP contribution >= 0.6 is 31.9 Å². The van der Waals surface area contributed by atoms with Crippen LogP contribution in [0.3, 0.4) is 0 Å². The predicted molar refractivity (Wildman–Crippen MR) is 84.4 cm³/mol. The number of nitrogens with zero attached hydrogens (tertiary/aromatic N) is 4. The third-order valence-corrected chi connectivity index (χ3v) is 3.94. The minimum absolute atomic E-state index is 0.656. The van der Waals surface area contributed by atoms with Crippen LogP contribution in [0.1, 0.15) is 0 Å². The smallest absolute Gasteiger partial charge is 0.187 e. The number of halogens is 2. The molecule has 0 fully saturated rings. The first-order valence-corrected chi connectivity index (χ1v) is 7.33. The summed E-state index contributed by atoms with van der Waals surface area (Å²) in [5.74, 6) is 0.656. The molecule has 1 aromatic heterocycles. The van der Waals surface area contributed by atoms with E-state index in [1.54, 1.807) is 4.68 Å².